The van der Waals surface area contributed by atoms with Crippen LogP contribution in [0.1, 0.15) is 29.6 Å². The van der Waals surface area contributed by atoms with Crippen molar-refractivity contribution in [2.24, 2.45) is 0 Å². The number of ether oxygens (including phenoxy) is 2. The number of methoxy groups -OCH3 is 1. The number of carbonyl (C=O) groups is 2. The lowest BCUT2D eigenvalue weighted by atomic mass is 9.90. The number of Topliss-reactive ketones (excluding diaryl/α,β-unsaturated/α-hetero) is 1. The van der Waals surface area contributed by atoms with Crippen LogP contribution in [-0.4, -0.2) is 52.5 Å². The normalized spacial score (nSPS) is 23.0. The van der Waals surface area contributed by atoms with Crippen LogP contribution in [0.5, 0.6) is 11.5 Å². The highest BCUT2D eigenvalue weighted by Crippen LogP contribution is 2.38. The summed E-state index contributed by atoms with van der Waals surface area (Å²) in [5.41, 5.74) is -1.20. The van der Waals surface area contributed by atoms with Gasteiger partial charge in [0.05, 0.1) is 31.8 Å². The molecule has 0 radical (unpaired) electrons. The van der Waals surface area contributed by atoms with Crippen LogP contribution in [0.15, 0.2) is 30.4 Å². The van der Waals surface area contributed by atoms with Gasteiger partial charge in [-0.2, -0.15) is 0 Å². The molecule has 1 aliphatic rings. The number of hydrogen-bond acceptors (Lipinski definition) is 7. The standard InChI is InChI=1S/C17H20O7/c1-10(9-18)15-5-6-17(24-15,16(22)23-2)8-14(21)12-7-11(19)3-4-13(12)20/h3-4,7,15,18-20H,1,5-6,8-9H2,2H3/t15-,17-/m0/s1. The molecule has 1 fully saturated rings. The fourth-order valence-electron chi connectivity index (χ4n) is 2.78. The van der Waals surface area contributed by atoms with E-state index in [-0.39, 0.29) is 36.5 Å². The first kappa shape index (κ1) is 18.0. The Bertz CT molecular complexity index is 667. The summed E-state index contributed by atoms with van der Waals surface area (Å²) in [6.45, 7) is 3.40. The van der Waals surface area contributed by atoms with Crippen LogP contribution in [0.25, 0.3) is 0 Å². The third kappa shape index (κ3) is 3.42. The number of aromatic hydroxyl groups is 2. The number of esters is 1. The minimum atomic E-state index is -1.51. The van der Waals surface area contributed by atoms with Crippen LogP contribution >= 0.6 is 0 Å². The van der Waals surface area contributed by atoms with Crippen molar-refractivity contribution in [3.63, 3.8) is 0 Å². The molecule has 130 valence electrons. The molecule has 3 N–H and O–H groups in total. The Morgan fingerprint density at radius 2 is 2.12 bits per heavy atom. The molecule has 7 nitrogen and oxygen atoms in total. The molecule has 0 spiro atoms. The molecular weight excluding hydrogens is 316 g/mol. The summed E-state index contributed by atoms with van der Waals surface area (Å²) in [6.07, 6.45) is -0.284. The molecule has 0 unspecified atom stereocenters. The molecule has 2 atom stereocenters. The first-order valence-corrected chi connectivity index (χ1v) is 7.43. The quantitative estimate of drug-likeness (QED) is 0.311. The summed E-state index contributed by atoms with van der Waals surface area (Å²) < 4.78 is 10.5. The number of rotatable bonds is 6. The molecule has 1 heterocycles. The summed E-state index contributed by atoms with van der Waals surface area (Å²) in [5.74, 6) is -1.75. The lowest BCUT2D eigenvalue weighted by molar-refractivity contribution is -0.166. The molecule has 1 aromatic rings. The number of carbonyl (C=O) groups excluding carboxylic acids is 2. The van der Waals surface area contributed by atoms with Crippen molar-refractivity contribution in [3.05, 3.63) is 35.9 Å². The second kappa shape index (κ2) is 7.02. The highest BCUT2D eigenvalue weighted by Gasteiger charge is 2.49. The van der Waals surface area contributed by atoms with Crippen molar-refractivity contribution in [2.75, 3.05) is 13.7 Å². The first-order valence-electron chi connectivity index (χ1n) is 7.43. The summed E-state index contributed by atoms with van der Waals surface area (Å²) >= 11 is 0. The van der Waals surface area contributed by atoms with Gasteiger partial charge in [0.15, 0.2) is 11.4 Å². The largest absolute Gasteiger partial charge is 0.508 e. The second-order valence-electron chi connectivity index (χ2n) is 5.75. The Hall–Kier alpha value is -2.38. The molecule has 0 bridgehead atoms. The van der Waals surface area contributed by atoms with E-state index in [4.69, 9.17) is 14.6 Å². The molecule has 0 aromatic heterocycles. The second-order valence-corrected chi connectivity index (χ2v) is 5.75. The van der Waals surface area contributed by atoms with E-state index in [1.165, 1.54) is 19.2 Å². The van der Waals surface area contributed by atoms with Gasteiger partial charge in [-0.05, 0) is 36.6 Å². The summed E-state index contributed by atoms with van der Waals surface area (Å²) in [4.78, 5) is 24.7. The van der Waals surface area contributed by atoms with E-state index in [0.29, 0.717) is 12.0 Å². The molecule has 1 aliphatic heterocycles. The Labute approximate surface area is 139 Å². The lowest BCUT2D eigenvalue weighted by Gasteiger charge is -2.26. The summed E-state index contributed by atoms with van der Waals surface area (Å²) in [5, 5.41) is 28.5. The number of hydrogen-bond donors (Lipinski definition) is 3. The average molecular weight is 336 g/mol. The molecule has 2 rings (SSSR count). The van der Waals surface area contributed by atoms with Crippen molar-refractivity contribution in [3.8, 4) is 11.5 Å². The smallest absolute Gasteiger partial charge is 0.338 e. The third-order valence-corrected chi connectivity index (χ3v) is 4.12. The Morgan fingerprint density at radius 1 is 1.42 bits per heavy atom. The maximum Gasteiger partial charge on any atom is 0.338 e. The van der Waals surface area contributed by atoms with Gasteiger partial charge in [0.2, 0.25) is 0 Å². The number of aliphatic hydroxyl groups excluding tert-OH is 1. The van der Waals surface area contributed by atoms with Crippen molar-refractivity contribution in [2.45, 2.75) is 31.0 Å². The van der Waals surface area contributed by atoms with Crippen LogP contribution in [0, 0.1) is 0 Å². The van der Waals surface area contributed by atoms with Gasteiger partial charge in [0, 0.05) is 0 Å². The van der Waals surface area contributed by atoms with E-state index >= 15 is 0 Å². The number of benzene rings is 1. The highest BCUT2D eigenvalue weighted by molar-refractivity contribution is 6.02. The monoisotopic (exact) mass is 336 g/mol. The van der Waals surface area contributed by atoms with E-state index in [2.05, 4.69) is 6.58 Å². The third-order valence-electron chi connectivity index (χ3n) is 4.12. The van der Waals surface area contributed by atoms with Crippen molar-refractivity contribution >= 4 is 11.8 Å². The van der Waals surface area contributed by atoms with Crippen LogP contribution < -0.4 is 0 Å². The van der Waals surface area contributed by atoms with Crippen molar-refractivity contribution < 1.29 is 34.4 Å². The number of phenolic OH excluding ortho intramolecular Hbond substituents is 2. The van der Waals surface area contributed by atoms with E-state index in [0.717, 1.165) is 6.07 Å². The topological polar surface area (TPSA) is 113 Å². The van der Waals surface area contributed by atoms with Gasteiger partial charge in [0.25, 0.3) is 0 Å². The molecule has 0 saturated carbocycles. The molecule has 1 saturated heterocycles. The van der Waals surface area contributed by atoms with Gasteiger partial charge in [-0.1, -0.05) is 6.58 Å². The van der Waals surface area contributed by atoms with Gasteiger partial charge in [-0.3, -0.25) is 4.79 Å². The van der Waals surface area contributed by atoms with E-state index in [1.807, 2.05) is 0 Å². The predicted molar refractivity (Wildman–Crippen MR) is 83.8 cm³/mol. The number of ketones is 1. The van der Waals surface area contributed by atoms with Gasteiger partial charge < -0.3 is 24.8 Å². The molecular formula is C17H20O7. The van der Waals surface area contributed by atoms with Crippen LogP contribution in [0.4, 0.5) is 0 Å². The van der Waals surface area contributed by atoms with E-state index < -0.39 is 23.5 Å². The Kier molecular flexibility index (Phi) is 5.26. The van der Waals surface area contributed by atoms with Crippen molar-refractivity contribution in [1.29, 1.82) is 0 Å². The Balaban J connectivity index is 2.27. The van der Waals surface area contributed by atoms with E-state index in [9.17, 15) is 19.8 Å². The summed E-state index contributed by atoms with van der Waals surface area (Å²) in [7, 11) is 1.19. The zero-order chi connectivity index (χ0) is 17.9. The fourth-order valence-corrected chi connectivity index (χ4v) is 2.78. The van der Waals surface area contributed by atoms with Gasteiger partial charge in [0.1, 0.15) is 11.5 Å². The predicted octanol–water partition coefficient (Wildman–Crippen LogP) is 1.31. The average Bonchev–Trinajstić information content (AvgIpc) is 3.00. The minimum Gasteiger partial charge on any atom is -0.508 e. The van der Waals surface area contributed by atoms with Crippen LogP contribution in [0.3, 0.4) is 0 Å². The zero-order valence-electron chi connectivity index (χ0n) is 13.3. The van der Waals surface area contributed by atoms with Crippen LogP contribution in [-0.2, 0) is 14.3 Å². The minimum absolute atomic E-state index is 0.105. The lowest BCUT2D eigenvalue weighted by Crippen LogP contribution is -2.42. The van der Waals surface area contributed by atoms with Crippen molar-refractivity contribution in [1.82, 2.24) is 0 Å². The first-order chi connectivity index (χ1) is 11.3. The van der Waals surface area contributed by atoms with Gasteiger partial charge in [-0.15, -0.1) is 0 Å². The molecule has 7 heteroatoms. The molecule has 24 heavy (non-hydrogen) atoms. The molecule has 1 aromatic carbocycles. The maximum atomic E-state index is 12.5. The fraction of sp³-hybridized carbons (Fsp3) is 0.412. The van der Waals surface area contributed by atoms with Gasteiger partial charge in [-0.25, -0.2) is 4.79 Å². The molecule has 0 aliphatic carbocycles. The zero-order valence-corrected chi connectivity index (χ0v) is 13.3. The Morgan fingerprint density at radius 3 is 2.75 bits per heavy atom. The molecule has 0 amide bonds. The highest BCUT2D eigenvalue weighted by atomic mass is 16.6. The summed E-state index contributed by atoms with van der Waals surface area (Å²) in [6, 6.07) is 3.57. The van der Waals surface area contributed by atoms with Crippen LogP contribution in [0.2, 0.25) is 0 Å². The maximum absolute atomic E-state index is 12.5. The number of phenols is 2. The van der Waals surface area contributed by atoms with E-state index in [1.54, 1.807) is 0 Å². The SMILES string of the molecule is C=C(CO)[C@@H]1CC[C@](CC(=O)c2cc(O)ccc2O)(C(=O)OC)O1. The van der Waals surface area contributed by atoms with Gasteiger partial charge >= 0.3 is 5.97 Å². The number of aliphatic hydroxyl groups is 1.